The molecule has 1 amide bonds. The van der Waals surface area contributed by atoms with Gasteiger partial charge in [0.2, 0.25) is 11.8 Å². The number of amides is 1. The standard InChI is InChI=1S/C20H19FN6O3/c1-25-15(28)8-7-14(24-25)19(30)26-9-11-27(12-10-26)20-22-17(16(21)18(29)23-20)13-5-3-2-4-6-13/h2-8H,9-12H2,1H3,(H,22,23,29). The number of halogens is 1. The topological polar surface area (TPSA) is 104 Å². The Bertz CT molecular complexity index is 1200. The van der Waals surface area contributed by atoms with Gasteiger partial charge in [-0.15, -0.1) is 0 Å². The van der Waals surface area contributed by atoms with Gasteiger partial charge in [0.15, 0.2) is 0 Å². The van der Waals surface area contributed by atoms with Crippen molar-refractivity contribution >= 4 is 11.9 Å². The minimum absolute atomic E-state index is 0.0118. The molecule has 2 aromatic heterocycles. The summed E-state index contributed by atoms with van der Waals surface area (Å²) in [6.07, 6.45) is 0. The molecule has 0 spiro atoms. The molecule has 0 saturated carbocycles. The van der Waals surface area contributed by atoms with Crippen LogP contribution in [0.15, 0.2) is 52.1 Å². The van der Waals surface area contributed by atoms with E-state index in [9.17, 15) is 18.8 Å². The van der Waals surface area contributed by atoms with Gasteiger partial charge in [-0.2, -0.15) is 9.49 Å². The van der Waals surface area contributed by atoms with Crippen LogP contribution in [0, 0.1) is 5.82 Å². The van der Waals surface area contributed by atoms with Gasteiger partial charge in [0.1, 0.15) is 11.4 Å². The van der Waals surface area contributed by atoms with Crippen LogP contribution in [0.4, 0.5) is 10.3 Å². The number of aromatic amines is 1. The maximum Gasteiger partial charge on any atom is 0.289 e. The van der Waals surface area contributed by atoms with Crippen LogP contribution in [-0.2, 0) is 7.05 Å². The summed E-state index contributed by atoms with van der Waals surface area (Å²) >= 11 is 0. The summed E-state index contributed by atoms with van der Waals surface area (Å²) in [4.78, 5) is 46.4. The van der Waals surface area contributed by atoms with Crippen molar-refractivity contribution in [2.24, 2.45) is 7.05 Å². The summed E-state index contributed by atoms with van der Waals surface area (Å²) in [7, 11) is 1.48. The van der Waals surface area contributed by atoms with Gasteiger partial charge in [0.05, 0.1) is 0 Å². The number of hydrogen-bond donors (Lipinski definition) is 1. The van der Waals surface area contributed by atoms with Gasteiger partial charge in [-0.05, 0) is 6.07 Å². The van der Waals surface area contributed by atoms with Gasteiger partial charge in [-0.3, -0.25) is 19.4 Å². The van der Waals surface area contributed by atoms with Crippen LogP contribution in [-0.4, -0.2) is 56.7 Å². The maximum atomic E-state index is 14.3. The molecule has 0 bridgehead atoms. The Labute approximate surface area is 170 Å². The van der Waals surface area contributed by atoms with Gasteiger partial charge < -0.3 is 9.80 Å². The van der Waals surface area contributed by atoms with Crippen LogP contribution in [0.5, 0.6) is 0 Å². The summed E-state index contributed by atoms with van der Waals surface area (Å²) in [5, 5.41) is 3.99. The first kappa shape index (κ1) is 19.5. The highest BCUT2D eigenvalue weighted by molar-refractivity contribution is 5.92. The zero-order valence-electron chi connectivity index (χ0n) is 16.2. The average Bonchev–Trinajstić information content (AvgIpc) is 2.77. The Morgan fingerprint density at radius 1 is 1.03 bits per heavy atom. The monoisotopic (exact) mass is 410 g/mol. The third kappa shape index (κ3) is 3.71. The number of aryl methyl sites for hydroxylation is 1. The van der Waals surface area contributed by atoms with Crippen molar-refractivity contribution in [1.29, 1.82) is 0 Å². The van der Waals surface area contributed by atoms with E-state index in [1.54, 1.807) is 40.1 Å². The van der Waals surface area contributed by atoms with Crippen LogP contribution >= 0.6 is 0 Å². The lowest BCUT2D eigenvalue weighted by Crippen LogP contribution is -2.50. The Balaban J connectivity index is 1.52. The molecule has 0 radical (unpaired) electrons. The van der Waals surface area contributed by atoms with E-state index in [-0.39, 0.29) is 28.8 Å². The largest absolute Gasteiger partial charge is 0.339 e. The van der Waals surface area contributed by atoms with Crippen molar-refractivity contribution in [1.82, 2.24) is 24.6 Å². The summed E-state index contributed by atoms with van der Waals surface area (Å²) in [5.41, 5.74) is -0.451. The van der Waals surface area contributed by atoms with E-state index in [0.717, 1.165) is 4.68 Å². The highest BCUT2D eigenvalue weighted by atomic mass is 19.1. The van der Waals surface area contributed by atoms with Gasteiger partial charge >= 0.3 is 0 Å². The molecule has 0 aliphatic carbocycles. The number of H-pyrrole nitrogens is 1. The number of aromatic nitrogens is 4. The first-order valence-electron chi connectivity index (χ1n) is 9.38. The number of hydrogen-bond acceptors (Lipinski definition) is 6. The van der Waals surface area contributed by atoms with Crippen molar-refractivity contribution in [2.75, 3.05) is 31.1 Å². The third-order valence-electron chi connectivity index (χ3n) is 4.94. The van der Waals surface area contributed by atoms with Crippen LogP contribution < -0.4 is 16.0 Å². The molecule has 30 heavy (non-hydrogen) atoms. The summed E-state index contributed by atoms with van der Waals surface area (Å²) in [5.74, 6) is -0.956. The lowest BCUT2D eigenvalue weighted by Gasteiger charge is -2.34. The Kier molecular flexibility index (Phi) is 5.13. The van der Waals surface area contributed by atoms with Crippen molar-refractivity contribution in [2.45, 2.75) is 0 Å². The summed E-state index contributed by atoms with van der Waals surface area (Å²) < 4.78 is 15.5. The van der Waals surface area contributed by atoms with Gasteiger partial charge in [-0.25, -0.2) is 9.67 Å². The quantitative estimate of drug-likeness (QED) is 0.679. The molecule has 154 valence electrons. The third-order valence-corrected chi connectivity index (χ3v) is 4.94. The molecule has 10 heteroatoms. The number of benzene rings is 1. The highest BCUT2D eigenvalue weighted by Crippen LogP contribution is 2.21. The second kappa shape index (κ2) is 7.90. The Hall–Kier alpha value is -3.82. The van der Waals surface area contributed by atoms with E-state index in [0.29, 0.717) is 31.7 Å². The summed E-state index contributed by atoms with van der Waals surface area (Å²) in [6, 6.07) is 11.4. The Morgan fingerprint density at radius 3 is 2.40 bits per heavy atom. The molecule has 1 aliphatic heterocycles. The predicted molar refractivity (Wildman–Crippen MR) is 108 cm³/mol. The fraction of sp³-hybridized carbons (Fsp3) is 0.250. The number of rotatable bonds is 3. The molecule has 0 unspecified atom stereocenters. The molecule has 1 saturated heterocycles. The van der Waals surface area contributed by atoms with Crippen molar-refractivity contribution in [3.63, 3.8) is 0 Å². The van der Waals surface area contributed by atoms with E-state index in [1.807, 2.05) is 0 Å². The molecule has 1 aromatic carbocycles. The van der Waals surface area contributed by atoms with E-state index < -0.39 is 11.4 Å². The van der Waals surface area contributed by atoms with E-state index in [4.69, 9.17) is 0 Å². The molecule has 1 aliphatic rings. The van der Waals surface area contributed by atoms with Gasteiger partial charge in [0, 0.05) is 44.9 Å². The lowest BCUT2D eigenvalue weighted by molar-refractivity contribution is 0.0737. The molecule has 0 atom stereocenters. The van der Waals surface area contributed by atoms with Crippen LogP contribution in [0.25, 0.3) is 11.3 Å². The first-order chi connectivity index (χ1) is 14.4. The van der Waals surface area contributed by atoms with Crippen molar-refractivity contribution in [3.8, 4) is 11.3 Å². The number of nitrogens with zero attached hydrogens (tertiary/aromatic N) is 5. The Morgan fingerprint density at radius 2 is 1.73 bits per heavy atom. The minimum atomic E-state index is -0.931. The molecular weight excluding hydrogens is 391 g/mol. The van der Waals surface area contributed by atoms with Crippen LogP contribution in [0.2, 0.25) is 0 Å². The van der Waals surface area contributed by atoms with Gasteiger partial charge in [0.25, 0.3) is 17.0 Å². The number of nitrogens with one attached hydrogen (secondary N) is 1. The number of anilines is 1. The lowest BCUT2D eigenvalue weighted by atomic mass is 10.1. The smallest absolute Gasteiger partial charge is 0.289 e. The van der Waals surface area contributed by atoms with Gasteiger partial charge in [-0.1, -0.05) is 30.3 Å². The van der Waals surface area contributed by atoms with Crippen molar-refractivity contribution in [3.05, 3.63) is 74.7 Å². The predicted octanol–water partition coefficient (Wildman–Crippen LogP) is 0.632. The zero-order valence-corrected chi connectivity index (χ0v) is 16.2. The number of carbonyl (C=O) groups excluding carboxylic acids is 1. The summed E-state index contributed by atoms with van der Waals surface area (Å²) in [6.45, 7) is 1.54. The van der Waals surface area contributed by atoms with E-state index >= 15 is 0 Å². The molecule has 3 aromatic rings. The molecular formula is C20H19FN6O3. The van der Waals surface area contributed by atoms with E-state index in [2.05, 4.69) is 15.1 Å². The normalized spacial score (nSPS) is 14.1. The van der Waals surface area contributed by atoms with Crippen molar-refractivity contribution < 1.29 is 9.18 Å². The molecule has 1 N–H and O–H groups in total. The second-order valence-corrected chi connectivity index (χ2v) is 6.88. The zero-order chi connectivity index (χ0) is 21.3. The minimum Gasteiger partial charge on any atom is -0.339 e. The van der Waals surface area contributed by atoms with E-state index in [1.165, 1.54) is 19.2 Å². The average molecular weight is 410 g/mol. The van der Waals surface area contributed by atoms with Crippen LogP contribution in [0.3, 0.4) is 0 Å². The fourth-order valence-electron chi connectivity index (χ4n) is 3.28. The maximum absolute atomic E-state index is 14.3. The second-order valence-electron chi connectivity index (χ2n) is 6.88. The SMILES string of the molecule is Cn1nc(C(=O)N2CCN(c3nc(-c4ccccc4)c(F)c(=O)[nH]3)CC2)ccc1=O. The number of piperazine rings is 1. The fourth-order valence-corrected chi connectivity index (χ4v) is 3.28. The molecule has 3 heterocycles. The van der Waals surface area contributed by atoms with Crippen LogP contribution in [0.1, 0.15) is 10.5 Å². The number of carbonyl (C=O) groups is 1. The molecule has 9 nitrogen and oxygen atoms in total. The first-order valence-corrected chi connectivity index (χ1v) is 9.38. The molecule has 1 fully saturated rings. The highest BCUT2D eigenvalue weighted by Gasteiger charge is 2.25. The molecule has 4 rings (SSSR count).